The number of imidazole rings is 1. The number of pyridine rings is 1. The van der Waals surface area contributed by atoms with E-state index in [4.69, 9.17) is 4.98 Å². The van der Waals surface area contributed by atoms with Crippen LogP contribution in [-0.2, 0) is 5.41 Å². The molecule has 0 unspecified atom stereocenters. The Hall–Kier alpha value is -6.97. The fraction of sp³-hybridized carbons (Fsp3) is 0.0577. The van der Waals surface area contributed by atoms with Crippen LogP contribution in [0.2, 0.25) is 0 Å². The fourth-order valence-corrected chi connectivity index (χ4v) is 10.3. The summed E-state index contributed by atoms with van der Waals surface area (Å²) in [7, 11) is 0. The smallest absolute Gasteiger partial charge is 0.147 e. The van der Waals surface area contributed by atoms with E-state index in [1.54, 1.807) is 0 Å². The summed E-state index contributed by atoms with van der Waals surface area (Å²) in [4.78, 5) is 5.34. The lowest BCUT2D eigenvalue weighted by atomic mass is 9.82. The minimum absolute atomic E-state index is 0.118. The molecule has 0 radical (unpaired) electrons. The van der Waals surface area contributed by atoms with Crippen molar-refractivity contribution in [2.24, 2.45) is 0 Å². The third-order valence-electron chi connectivity index (χ3n) is 12.8. The summed E-state index contributed by atoms with van der Waals surface area (Å²) in [5, 5.41) is 13.7. The van der Waals surface area contributed by atoms with Crippen molar-refractivity contribution in [2.75, 3.05) is 0 Å². The molecule has 0 bridgehead atoms. The largest absolute Gasteiger partial charge is 0.309 e. The van der Waals surface area contributed by atoms with Crippen molar-refractivity contribution >= 4 is 92.5 Å². The molecular weight excluding hydrogens is 667 g/mol. The van der Waals surface area contributed by atoms with Crippen molar-refractivity contribution in [1.82, 2.24) is 14.0 Å². The highest BCUT2D eigenvalue weighted by atomic mass is 15.0. The monoisotopic (exact) mass is 699 g/mol. The number of hydrogen-bond donors (Lipinski definition) is 0. The average Bonchev–Trinajstić information content (AvgIpc) is 3.85. The van der Waals surface area contributed by atoms with Crippen LogP contribution in [0.5, 0.6) is 0 Å². The normalized spacial score (nSPS) is 13.8. The van der Waals surface area contributed by atoms with Crippen LogP contribution < -0.4 is 0 Å². The molecule has 13 rings (SSSR count). The molecular formula is C52H33N3. The molecule has 0 aliphatic heterocycles. The molecule has 0 N–H and O–H groups in total. The van der Waals surface area contributed by atoms with Crippen molar-refractivity contribution < 1.29 is 0 Å². The molecule has 1 aliphatic carbocycles. The Kier molecular flexibility index (Phi) is 5.45. The number of aromatic nitrogens is 3. The maximum atomic E-state index is 5.34. The van der Waals surface area contributed by atoms with Gasteiger partial charge in [-0.25, -0.2) is 4.98 Å². The molecule has 0 atom stereocenters. The first kappa shape index (κ1) is 29.5. The minimum atomic E-state index is -0.118. The van der Waals surface area contributed by atoms with Gasteiger partial charge in [0.05, 0.1) is 27.6 Å². The van der Waals surface area contributed by atoms with Crippen molar-refractivity contribution in [1.29, 1.82) is 0 Å². The Labute approximate surface area is 316 Å². The molecule has 256 valence electrons. The minimum Gasteiger partial charge on any atom is -0.309 e. The predicted octanol–water partition coefficient (Wildman–Crippen LogP) is 13.7. The highest BCUT2D eigenvalue weighted by Crippen LogP contribution is 2.51. The van der Waals surface area contributed by atoms with Gasteiger partial charge in [-0.05, 0) is 91.0 Å². The van der Waals surface area contributed by atoms with Crippen LogP contribution in [0.25, 0.3) is 109 Å². The summed E-state index contributed by atoms with van der Waals surface area (Å²) in [6.45, 7) is 4.76. The quantitative estimate of drug-likeness (QED) is 0.156. The molecule has 3 heteroatoms. The topological polar surface area (TPSA) is 22.2 Å². The van der Waals surface area contributed by atoms with Crippen LogP contribution in [0, 0.1) is 0 Å². The second kappa shape index (κ2) is 10.2. The van der Waals surface area contributed by atoms with Crippen LogP contribution in [0.1, 0.15) is 25.0 Å². The molecule has 3 nitrogen and oxygen atoms in total. The summed E-state index contributed by atoms with van der Waals surface area (Å²) in [5.74, 6) is 0. The molecule has 3 aromatic heterocycles. The van der Waals surface area contributed by atoms with Crippen molar-refractivity contribution in [2.45, 2.75) is 19.3 Å². The molecule has 12 aromatic rings. The van der Waals surface area contributed by atoms with E-state index in [0.29, 0.717) is 0 Å². The first-order valence-electron chi connectivity index (χ1n) is 19.2. The van der Waals surface area contributed by atoms with Gasteiger partial charge in [-0.2, -0.15) is 0 Å². The fourth-order valence-electron chi connectivity index (χ4n) is 10.3. The van der Waals surface area contributed by atoms with Gasteiger partial charge in [0.1, 0.15) is 5.65 Å². The summed E-state index contributed by atoms with van der Waals surface area (Å²) >= 11 is 0. The Morgan fingerprint density at radius 1 is 0.436 bits per heavy atom. The average molecular weight is 700 g/mol. The highest BCUT2D eigenvalue weighted by Gasteiger charge is 2.36. The van der Waals surface area contributed by atoms with Crippen LogP contribution in [-0.4, -0.2) is 14.0 Å². The molecule has 9 aromatic carbocycles. The highest BCUT2D eigenvalue weighted by molar-refractivity contribution is 6.25. The van der Waals surface area contributed by atoms with Crippen molar-refractivity contribution in [3.8, 4) is 16.8 Å². The zero-order valence-electron chi connectivity index (χ0n) is 30.4. The number of para-hydroxylation sites is 2. The predicted molar refractivity (Wildman–Crippen MR) is 232 cm³/mol. The third kappa shape index (κ3) is 3.68. The maximum Gasteiger partial charge on any atom is 0.147 e. The van der Waals surface area contributed by atoms with Crippen LogP contribution in [0.15, 0.2) is 164 Å². The zero-order chi connectivity index (χ0) is 36.2. The lowest BCUT2D eigenvalue weighted by Crippen LogP contribution is -2.15. The van der Waals surface area contributed by atoms with Gasteiger partial charge in [0.2, 0.25) is 0 Å². The molecule has 0 amide bonds. The van der Waals surface area contributed by atoms with Gasteiger partial charge in [0.15, 0.2) is 0 Å². The van der Waals surface area contributed by atoms with E-state index in [1.807, 2.05) is 0 Å². The summed E-state index contributed by atoms with van der Waals surface area (Å²) < 4.78 is 4.95. The summed E-state index contributed by atoms with van der Waals surface area (Å²) in [6.07, 6.45) is 0. The summed E-state index contributed by atoms with van der Waals surface area (Å²) in [6, 6.07) is 61.0. The second-order valence-corrected chi connectivity index (χ2v) is 15.9. The third-order valence-corrected chi connectivity index (χ3v) is 12.8. The van der Waals surface area contributed by atoms with E-state index >= 15 is 0 Å². The van der Waals surface area contributed by atoms with Gasteiger partial charge in [0.25, 0.3) is 0 Å². The van der Waals surface area contributed by atoms with Crippen LogP contribution >= 0.6 is 0 Å². The number of benzene rings is 9. The van der Waals surface area contributed by atoms with Gasteiger partial charge in [-0.15, -0.1) is 0 Å². The van der Waals surface area contributed by atoms with E-state index in [1.165, 1.54) is 92.5 Å². The molecule has 55 heavy (non-hydrogen) atoms. The van der Waals surface area contributed by atoms with E-state index in [2.05, 4.69) is 187 Å². The van der Waals surface area contributed by atoms with Gasteiger partial charge in [0, 0.05) is 38.0 Å². The lowest BCUT2D eigenvalue weighted by Gasteiger charge is -2.21. The number of nitrogens with zero attached hydrogens (tertiary/aromatic N) is 3. The first-order valence-corrected chi connectivity index (χ1v) is 19.2. The Bertz CT molecular complexity index is 3690. The lowest BCUT2D eigenvalue weighted by molar-refractivity contribution is 0.661. The number of hydrogen-bond acceptors (Lipinski definition) is 1. The Morgan fingerprint density at radius 3 is 2.00 bits per heavy atom. The second-order valence-electron chi connectivity index (χ2n) is 15.9. The standard InChI is InChI=1S/C52H33N3/c1-52(2)43-16-8-7-15-36(43)41-28-42-40-26-25-35-33-13-5-3-11-30(33)20-23-39(35)50(40)54(48(42)29-44(41)52)32-21-24-37-38-22-19-31-12-4-6-14-34(31)49(38)51-53-45-17-9-10-18-46(45)55(51)47(37)27-32/h3-29H,1-2H3. The number of rotatable bonds is 1. The number of fused-ring (bicyclic) bond motifs is 20. The molecule has 1 aliphatic rings. The van der Waals surface area contributed by atoms with Gasteiger partial charge in [-0.1, -0.05) is 141 Å². The molecule has 0 spiro atoms. The molecule has 0 saturated carbocycles. The first-order chi connectivity index (χ1) is 27.0. The molecule has 0 saturated heterocycles. The van der Waals surface area contributed by atoms with E-state index in [0.717, 1.165) is 27.9 Å². The molecule has 3 heterocycles. The SMILES string of the molecule is CC1(C)c2ccccc2-c2cc3c4ccc5c6ccccc6ccc5c4n(-c4ccc5c6ccc7ccccc7c6c6nc7ccccc7n6c5c4)c3cc21. The van der Waals surface area contributed by atoms with Crippen molar-refractivity contribution in [3.63, 3.8) is 0 Å². The van der Waals surface area contributed by atoms with Gasteiger partial charge < -0.3 is 4.57 Å². The Morgan fingerprint density at radius 2 is 1.11 bits per heavy atom. The molecule has 0 fully saturated rings. The van der Waals surface area contributed by atoms with E-state index in [9.17, 15) is 0 Å². The maximum absolute atomic E-state index is 5.34. The van der Waals surface area contributed by atoms with Crippen molar-refractivity contribution in [3.05, 3.63) is 175 Å². The Balaban J connectivity index is 1.22. The zero-order valence-corrected chi connectivity index (χ0v) is 30.4. The van der Waals surface area contributed by atoms with Crippen LogP contribution in [0.3, 0.4) is 0 Å². The summed E-state index contributed by atoms with van der Waals surface area (Å²) in [5.41, 5.74) is 13.2. The van der Waals surface area contributed by atoms with Gasteiger partial charge in [-0.3, -0.25) is 4.40 Å². The van der Waals surface area contributed by atoms with E-state index in [-0.39, 0.29) is 5.41 Å². The van der Waals surface area contributed by atoms with Crippen LogP contribution in [0.4, 0.5) is 0 Å². The van der Waals surface area contributed by atoms with E-state index < -0.39 is 0 Å². The van der Waals surface area contributed by atoms with Gasteiger partial charge >= 0.3 is 0 Å².